The maximum Gasteiger partial charge on any atom is 0.229 e. The van der Waals surface area contributed by atoms with Crippen molar-refractivity contribution in [2.45, 2.75) is 46.1 Å². The molecule has 2 aromatic rings. The molecular weight excluding hydrogens is 316 g/mol. The number of amides is 2. The topological polar surface area (TPSA) is 78.1 Å². The molecule has 1 saturated heterocycles. The number of hydrogen-bond donors (Lipinski definition) is 2. The number of hydrogen-bond acceptors (Lipinski definition) is 3. The summed E-state index contributed by atoms with van der Waals surface area (Å²) in [7, 11) is 0. The molecule has 0 spiro atoms. The van der Waals surface area contributed by atoms with Crippen molar-refractivity contribution in [3.05, 3.63) is 46.8 Å². The highest BCUT2D eigenvalue weighted by molar-refractivity contribution is 5.96. The molecule has 0 aliphatic carbocycles. The number of H-pyrrole nitrogens is 1. The predicted molar refractivity (Wildman–Crippen MR) is 96.5 cm³/mol. The van der Waals surface area contributed by atoms with Crippen molar-refractivity contribution in [3.63, 3.8) is 0 Å². The van der Waals surface area contributed by atoms with Gasteiger partial charge in [-0.15, -0.1) is 0 Å². The molecule has 1 aromatic heterocycles. The number of anilines is 1. The maximum atomic E-state index is 12.2. The average Bonchev–Trinajstić information content (AvgIpc) is 3.09. The lowest BCUT2D eigenvalue weighted by atomic mass is 10.1. The van der Waals surface area contributed by atoms with Gasteiger partial charge in [0, 0.05) is 37.2 Å². The quantitative estimate of drug-likeness (QED) is 0.876. The molecule has 6 heteroatoms. The van der Waals surface area contributed by atoms with Crippen LogP contribution in [0.15, 0.2) is 24.3 Å². The molecule has 25 heavy (non-hydrogen) atoms. The first-order valence-electron chi connectivity index (χ1n) is 8.61. The summed E-state index contributed by atoms with van der Waals surface area (Å²) in [6.45, 7) is 6.51. The lowest BCUT2D eigenvalue weighted by Gasteiger charge is -2.17. The second kappa shape index (κ2) is 7.09. The zero-order valence-corrected chi connectivity index (χ0v) is 14.9. The minimum absolute atomic E-state index is 0.0383. The molecule has 2 heterocycles. The molecule has 3 rings (SSSR count). The Bertz CT molecular complexity index is 779. The van der Waals surface area contributed by atoms with Crippen LogP contribution < -0.4 is 10.2 Å². The Hall–Kier alpha value is -2.63. The zero-order valence-electron chi connectivity index (χ0n) is 14.9. The van der Waals surface area contributed by atoms with Gasteiger partial charge >= 0.3 is 0 Å². The second-order valence-corrected chi connectivity index (χ2v) is 6.73. The number of carbonyl (C=O) groups is 2. The molecule has 2 N–H and O–H groups in total. The fraction of sp³-hybridized carbons (Fsp3) is 0.421. The summed E-state index contributed by atoms with van der Waals surface area (Å²) in [5.41, 5.74) is 5.11. The molecule has 6 nitrogen and oxygen atoms in total. The van der Waals surface area contributed by atoms with Crippen LogP contribution in [-0.2, 0) is 16.0 Å². The molecular formula is C19H24N4O2. The molecule has 1 aliphatic rings. The molecule has 1 fully saturated rings. The number of aromatic nitrogens is 2. The van der Waals surface area contributed by atoms with Crippen LogP contribution in [0.1, 0.15) is 35.4 Å². The number of carbonyl (C=O) groups excluding carboxylic acids is 2. The third-order valence-electron chi connectivity index (χ3n) is 4.78. The molecule has 0 saturated carbocycles. The van der Waals surface area contributed by atoms with E-state index < -0.39 is 0 Å². The summed E-state index contributed by atoms with van der Waals surface area (Å²) in [6.07, 6.45) is 1.32. The molecule has 1 atom stereocenters. The van der Waals surface area contributed by atoms with Crippen LogP contribution in [0.2, 0.25) is 0 Å². The Kier molecular flexibility index (Phi) is 4.88. The van der Waals surface area contributed by atoms with E-state index in [9.17, 15) is 9.59 Å². The maximum absolute atomic E-state index is 12.2. The lowest BCUT2D eigenvalue weighted by Crippen LogP contribution is -2.37. The normalized spacial score (nSPS) is 17.2. The number of nitrogens with zero attached hydrogens (tertiary/aromatic N) is 2. The van der Waals surface area contributed by atoms with Crippen molar-refractivity contribution >= 4 is 17.5 Å². The second-order valence-electron chi connectivity index (χ2n) is 6.73. The predicted octanol–water partition coefficient (Wildman–Crippen LogP) is 2.19. The van der Waals surface area contributed by atoms with Gasteiger partial charge in [0.25, 0.3) is 0 Å². The van der Waals surface area contributed by atoms with Gasteiger partial charge in [0.2, 0.25) is 11.8 Å². The zero-order chi connectivity index (χ0) is 18.0. The van der Waals surface area contributed by atoms with E-state index in [1.807, 2.05) is 45.0 Å². The van der Waals surface area contributed by atoms with Crippen LogP contribution in [0.25, 0.3) is 0 Å². The largest absolute Gasteiger partial charge is 0.351 e. The molecule has 2 amide bonds. The Balaban J connectivity index is 1.53. The summed E-state index contributed by atoms with van der Waals surface area (Å²) in [5, 5.41) is 10.1. The molecule has 0 unspecified atom stereocenters. The van der Waals surface area contributed by atoms with Crippen LogP contribution in [-0.4, -0.2) is 34.6 Å². The van der Waals surface area contributed by atoms with Crippen molar-refractivity contribution < 1.29 is 9.59 Å². The summed E-state index contributed by atoms with van der Waals surface area (Å²) < 4.78 is 0. The van der Waals surface area contributed by atoms with Crippen molar-refractivity contribution in [3.8, 4) is 0 Å². The standard InChI is InChI=1S/C19H24N4O2/c1-12-4-6-16(7-5-12)23-11-15(10-19(23)25)20-18(24)9-8-17-13(2)14(3)21-22-17/h4-7,15H,8-11H2,1-3H3,(H,20,24)(H,21,22)/t15-/m0/s1. The first kappa shape index (κ1) is 17.2. The highest BCUT2D eigenvalue weighted by Crippen LogP contribution is 2.22. The van der Waals surface area contributed by atoms with Gasteiger partial charge in [-0.2, -0.15) is 5.10 Å². The van der Waals surface area contributed by atoms with Gasteiger partial charge in [0.1, 0.15) is 0 Å². The number of benzene rings is 1. The van der Waals surface area contributed by atoms with Crippen molar-refractivity contribution in [1.82, 2.24) is 15.5 Å². The van der Waals surface area contributed by atoms with Gasteiger partial charge in [-0.3, -0.25) is 14.7 Å². The first-order chi connectivity index (χ1) is 11.9. The molecule has 0 radical (unpaired) electrons. The average molecular weight is 340 g/mol. The molecule has 132 valence electrons. The Morgan fingerprint density at radius 3 is 2.64 bits per heavy atom. The van der Waals surface area contributed by atoms with Gasteiger partial charge < -0.3 is 10.2 Å². The monoisotopic (exact) mass is 340 g/mol. The summed E-state index contributed by atoms with van der Waals surface area (Å²) >= 11 is 0. The Morgan fingerprint density at radius 1 is 1.28 bits per heavy atom. The van der Waals surface area contributed by atoms with Crippen molar-refractivity contribution in [2.24, 2.45) is 0 Å². The smallest absolute Gasteiger partial charge is 0.229 e. The Morgan fingerprint density at radius 2 is 2.00 bits per heavy atom. The van der Waals surface area contributed by atoms with Crippen LogP contribution >= 0.6 is 0 Å². The molecule has 0 bridgehead atoms. The highest BCUT2D eigenvalue weighted by atomic mass is 16.2. The van der Waals surface area contributed by atoms with Crippen LogP contribution in [0.5, 0.6) is 0 Å². The number of rotatable bonds is 5. The summed E-state index contributed by atoms with van der Waals surface area (Å²) in [5.74, 6) is 0.0107. The van der Waals surface area contributed by atoms with Crippen LogP contribution in [0.4, 0.5) is 5.69 Å². The van der Waals surface area contributed by atoms with E-state index in [4.69, 9.17) is 0 Å². The fourth-order valence-electron chi connectivity index (χ4n) is 3.09. The van der Waals surface area contributed by atoms with Gasteiger partial charge in [-0.05, 0) is 38.5 Å². The number of nitrogens with one attached hydrogen (secondary N) is 2. The van der Waals surface area contributed by atoms with E-state index in [0.717, 1.165) is 28.2 Å². The fourth-order valence-corrected chi connectivity index (χ4v) is 3.09. The molecule has 1 aliphatic heterocycles. The van der Waals surface area contributed by atoms with E-state index in [0.29, 0.717) is 25.8 Å². The highest BCUT2D eigenvalue weighted by Gasteiger charge is 2.31. The van der Waals surface area contributed by atoms with Gasteiger partial charge in [-0.1, -0.05) is 17.7 Å². The van der Waals surface area contributed by atoms with Crippen molar-refractivity contribution in [1.29, 1.82) is 0 Å². The minimum Gasteiger partial charge on any atom is -0.351 e. The lowest BCUT2D eigenvalue weighted by molar-refractivity contribution is -0.121. The van der Waals surface area contributed by atoms with Gasteiger partial charge in [0.15, 0.2) is 0 Å². The third kappa shape index (κ3) is 3.90. The van der Waals surface area contributed by atoms with Crippen molar-refractivity contribution in [2.75, 3.05) is 11.4 Å². The summed E-state index contributed by atoms with van der Waals surface area (Å²) in [4.78, 5) is 26.2. The summed E-state index contributed by atoms with van der Waals surface area (Å²) in [6, 6.07) is 7.73. The van der Waals surface area contributed by atoms with E-state index in [1.165, 1.54) is 0 Å². The van der Waals surface area contributed by atoms with E-state index >= 15 is 0 Å². The van der Waals surface area contributed by atoms with Gasteiger partial charge in [-0.25, -0.2) is 0 Å². The number of aryl methyl sites for hydroxylation is 3. The SMILES string of the molecule is Cc1ccc(N2C[C@@H](NC(=O)CCc3n[nH]c(C)c3C)CC2=O)cc1. The van der Waals surface area contributed by atoms with Crippen LogP contribution in [0, 0.1) is 20.8 Å². The minimum atomic E-state index is -0.136. The van der Waals surface area contributed by atoms with E-state index in [1.54, 1.807) is 4.90 Å². The molecule has 1 aromatic carbocycles. The van der Waals surface area contributed by atoms with Crippen LogP contribution in [0.3, 0.4) is 0 Å². The number of aromatic amines is 1. The van der Waals surface area contributed by atoms with E-state index in [-0.39, 0.29) is 17.9 Å². The Labute approximate surface area is 147 Å². The van der Waals surface area contributed by atoms with E-state index in [2.05, 4.69) is 15.5 Å². The van der Waals surface area contributed by atoms with Gasteiger partial charge in [0.05, 0.1) is 11.7 Å². The first-order valence-corrected chi connectivity index (χ1v) is 8.61. The third-order valence-corrected chi connectivity index (χ3v) is 4.78.